The van der Waals surface area contributed by atoms with Gasteiger partial charge in [0, 0.05) is 30.1 Å². The highest BCUT2D eigenvalue weighted by Crippen LogP contribution is 2.65. The molecule has 0 aliphatic heterocycles. The molecule has 1 N–H and O–H groups in total. The SMILES string of the molecule is O=C(COC1(OC(F)(F)F)CCC1)NC12CC(n3cnc(-c4ccc(Cl)c(F)c4F)c3)(C1)C2. The van der Waals surface area contributed by atoms with Crippen molar-refractivity contribution >= 4 is 17.5 Å². The van der Waals surface area contributed by atoms with Crippen LogP contribution < -0.4 is 5.32 Å². The van der Waals surface area contributed by atoms with Crippen LogP contribution in [0.3, 0.4) is 0 Å². The third kappa shape index (κ3) is 3.89. The fourth-order valence-corrected chi connectivity index (χ4v) is 5.21. The summed E-state index contributed by atoms with van der Waals surface area (Å²) in [4.78, 5) is 16.5. The Morgan fingerprint density at radius 3 is 2.48 bits per heavy atom. The van der Waals surface area contributed by atoms with Crippen LogP contribution in [0.4, 0.5) is 22.0 Å². The number of alkyl halides is 3. The van der Waals surface area contributed by atoms with Crippen molar-refractivity contribution in [1.82, 2.24) is 14.9 Å². The summed E-state index contributed by atoms with van der Waals surface area (Å²) in [6.07, 6.45) is 0.767. The van der Waals surface area contributed by atoms with Gasteiger partial charge in [-0.1, -0.05) is 11.6 Å². The van der Waals surface area contributed by atoms with E-state index in [9.17, 15) is 26.7 Å². The number of benzene rings is 1. The smallest absolute Gasteiger partial charge is 0.348 e. The first-order valence-corrected chi connectivity index (χ1v) is 10.7. The van der Waals surface area contributed by atoms with Gasteiger partial charge in [0.1, 0.15) is 6.61 Å². The zero-order valence-corrected chi connectivity index (χ0v) is 17.9. The first kappa shape index (κ1) is 22.5. The molecule has 2 bridgehead atoms. The van der Waals surface area contributed by atoms with E-state index in [-0.39, 0.29) is 34.7 Å². The zero-order chi connectivity index (χ0) is 23.6. The van der Waals surface area contributed by atoms with Crippen LogP contribution in [0.2, 0.25) is 5.02 Å². The molecule has 1 aromatic carbocycles. The van der Waals surface area contributed by atoms with E-state index in [4.69, 9.17) is 16.3 Å². The number of ether oxygens (including phenoxy) is 2. The number of hydrogen-bond donors (Lipinski definition) is 1. The summed E-state index contributed by atoms with van der Waals surface area (Å²) in [6, 6.07) is 2.62. The number of imidazole rings is 1. The molecule has 4 aliphatic carbocycles. The van der Waals surface area contributed by atoms with Crippen LogP contribution in [-0.2, 0) is 19.8 Å². The number of hydrogen-bond acceptors (Lipinski definition) is 4. The van der Waals surface area contributed by atoms with Gasteiger partial charge in [-0.05, 0) is 37.8 Å². The summed E-state index contributed by atoms with van der Waals surface area (Å²) in [5.74, 6) is -4.50. The third-order valence-electron chi connectivity index (χ3n) is 6.73. The van der Waals surface area contributed by atoms with Crippen molar-refractivity contribution in [2.75, 3.05) is 6.61 Å². The predicted molar refractivity (Wildman–Crippen MR) is 105 cm³/mol. The first-order chi connectivity index (χ1) is 15.4. The van der Waals surface area contributed by atoms with Crippen molar-refractivity contribution in [2.45, 2.75) is 61.8 Å². The molecule has 4 aliphatic rings. The average Bonchev–Trinajstić information content (AvgIpc) is 3.12. The molecule has 1 amide bonds. The Hall–Kier alpha value is -2.24. The van der Waals surface area contributed by atoms with E-state index >= 15 is 0 Å². The Bertz CT molecular complexity index is 1100. The number of amides is 1. The van der Waals surface area contributed by atoms with Gasteiger partial charge >= 0.3 is 6.36 Å². The van der Waals surface area contributed by atoms with Crippen LogP contribution >= 0.6 is 11.6 Å². The minimum Gasteiger partial charge on any atom is -0.348 e. The van der Waals surface area contributed by atoms with Gasteiger partial charge in [-0.3, -0.25) is 9.53 Å². The monoisotopic (exact) mass is 491 g/mol. The largest absolute Gasteiger partial charge is 0.524 e. The molecule has 33 heavy (non-hydrogen) atoms. The van der Waals surface area contributed by atoms with E-state index in [1.54, 1.807) is 6.20 Å². The molecule has 4 saturated carbocycles. The Morgan fingerprint density at radius 2 is 1.88 bits per heavy atom. The van der Waals surface area contributed by atoms with E-state index in [1.807, 2.05) is 4.57 Å². The van der Waals surface area contributed by atoms with Crippen LogP contribution in [-0.4, -0.2) is 39.8 Å². The number of carbonyl (C=O) groups excluding carboxylic acids is 1. The Balaban J connectivity index is 1.17. The van der Waals surface area contributed by atoms with Crippen molar-refractivity contribution < 1.29 is 36.2 Å². The number of rotatable bonds is 7. The van der Waals surface area contributed by atoms with E-state index in [2.05, 4.69) is 15.0 Å². The topological polar surface area (TPSA) is 65.4 Å². The van der Waals surface area contributed by atoms with Gasteiger partial charge in [0.05, 0.1) is 22.6 Å². The standard InChI is InChI=1S/C21H19ClF5N3O3/c22-13-3-2-12(16(23)17(13)24)14-6-30(11-28-14)19-8-18(9-19,10-19)29-15(31)7-32-20(4-1-5-20)33-21(25,26)27/h2-3,6,11H,1,4-5,7-10H2,(H,29,31). The van der Waals surface area contributed by atoms with E-state index in [0.29, 0.717) is 25.7 Å². The second-order valence-electron chi connectivity index (χ2n) is 9.07. The highest BCUT2D eigenvalue weighted by atomic mass is 35.5. The lowest BCUT2D eigenvalue weighted by molar-refractivity contribution is -0.432. The maximum Gasteiger partial charge on any atom is 0.524 e. The number of carbonyl (C=O) groups is 1. The van der Waals surface area contributed by atoms with Crippen molar-refractivity contribution in [3.8, 4) is 11.3 Å². The average molecular weight is 492 g/mol. The Morgan fingerprint density at radius 1 is 1.18 bits per heavy atom. The van der Waals surface area contributed by atoms with Gasteiger partial charge < -0.3 is 14.6 Å². The molecule has 4 fully saturated rings. The molecule has 0 saturated heterocycles. The molecule has 0 spiro atoms. The van der Waals surface area contributed by atoms with Gasteiger partial charge in [0.15, 0.2) is 17.4 Å². The highest BCUT2D eigenvalue weighted by molar-refractivity contribution is 6.30. The van der Waals surface area contributed by atoms with E-state index in [0.717, 1.165) is 0 Å². The number of halogens is 6. The van der Waals surface area contributed by atoms with Crippen molar-refractivity contribution in [3.05, 3.63) is 41.3 Å². The number of nitrogens with zero attached hydrogens (tertiary/aromatic N) is 2. The molecule has 0 unspecified atom stereocenters. The van der Waals surface area contributed by atoms with E-state index in [1.165, 1.54) is 18.5 Å². The highest BCUT2D eigenvalue weighted by Gasteiger charge is 2.69. The second kappa shape index (κ2) is 7.38. The lowest BCUT2D eigenvalue weighted by Gasteiger charge is -2.70. The second-order valence-corrected chi connectivity index (χ2v) is 9.48. The molecule has 0 radical (unpaired) electrons. The Kier molecular flexibility index (Phi) is 5.04. The minimum absolute atomic E-state index is 0.00610. The van der Waals surface area contributed by atoms with Gasteiger partial charge in [0.2, 0.25) is 5.91 Å². The molecule has 6 nitrogen and oxygen atoms in total. The Labute approximate surface area is 190 Å². The van der Waals surface area contributed by atoms with Crippen LogP contribution in [0.25, 0.3) is 11.3 Å². The summed E-state index contributed by atoms with van der Waals surface area (Å²) < 4.78 is 76.7. The lowest BCUT2D eigenvalue weighted by atomic mass is 9.44. The third-order valence-corrected chi connectivity index (χ3v) is 7.02. The van der Waals surface area contributed by atoms with Crippen LogP contribution in [0.5, 0.6) is 0 Å². The summed E-state index contributed by atoms with van der Waals surface area (Å²) in [5, 5.41) is 2.52. The molecular formula is C21H19ClF5N3O3. The minimum atomic E-state index is -4.83. The van der Waals surface area contributed by atoms with Gasteiger partial charge in [-0.15, -0.1) is 13.2 Å². The summed E-state index contributed by atoms with van der Waals surface area (Å²) in [5.41, 5.74) is -0.501. The normalized spacial score (nSPS) is 27.3. The fourth-order valence-electron chi connectivity index (χ4n) is 5.07. The van der Waals surface area contributed by atoms with Gasteiger partial charge in [-0.2, -0.15) is 0 Å². The summed E-state index contributed by atoms with van der Waals surface area (Å²) >= 11 is 5.59. The number of nitrogens with one attached hydrogen (secondary N) is 1. The van der Waals surface area contributed by atoms with Crippen molar-refractivity contribution in [2.24, 2.45) is 0 Å². The maximum absolute atomic E-state index is 14.2. The summed E-state index contributed by atoms with van der Waals surface area (Å²) in [7, 11) is 0. The molecule has 178 valence electrons. The maximum atomic E-state index is 14.2. The molecule has 6 rings (SSSR count). The zero-order valence-electron chi connectivity index (χ0n) is 17.1. The van der Waals surface area contributed by atoms with Crippen LogP contribution in [0.1, 0.15) is 38.5 Å². The van der Waals surface area contributed by atoms with Gasteiger partial charge in [-0.25, -0.2) is 13.8 Å². The summed E-state index contributed by atoms with van der Waals surface area (Å²) in [6.45, 7) is -0.526. The molecular weight excluding hydrogens is 473 g/mol. The fraction of sp³-hybridized carbons (Fsp3) is 0.524. The molecule has 12 heteroatoms. The number of aromatic nitrogens is 2. The molecule has 1 aromatic heterocycles. The lowest BCUT2D eigenvalue weighted by Crippen LogP contribution is -2.78. The predicted octanol–water partition coefficient (Wildman–Crippen LogP) is 4.66. The van der Waals surface area contributed by atoms with Gasteiger partial charge in [0.25, 0.3) is 0 Å². The molecule has 1 heterocycles. The quantitative estimate of drug-likeness (QED) is 0.347. The molecule has 0 atom stereocenters. The van der Waals surface area contributed by atoms with Crippen LogP contribution in [0, 0.1) is 11.6 Å². The first-order valence-electron chi connectivity index (χ1n) is 10.3. The van der Waals surface area contributed by atoms with E-state index < -0.39 is 41.8 Å². The van der Waals surface area contributed by atoms with Crippen molar-refractivity contribution in [1.29, 1.82) is 0 Å². The molecule has 2 aromatic rings. The van der Waals surface area contributed by atoms with Crippen molar-refractivity contribution in [3.63, 3.8) is 0 Å². The van der Waals surface area contributed by atoms with Crippen LogP contribution in [0.15, 0.2) is 24.7 Å².